The number of imide groups is 1. The molecule has 7 nitrogen and oxygen atoms in total. The molecule has 0 saturated carbocycles. The highest BCUT2D eigenvalue weighted by Gasteiger charge is 2.56. The summed E-state index contributed by atoms with van der Waals surface area (Å²) >= 11 is 12.2. The number of oxime groups is 1. The molecule has 9 heteroatoms. The van der Waals surface area contributed by atoms with Gasteiger partial charge in [0.15, 0.2) is 0 Å². The summed E-state index contributed by atoms with van der Waals surface area (Å²) in [6, 6.07) is 9.64. The number of methoxy groups -OCH3 is 2. The zero-order valence-corrected chi connectivity index (χ0v) is 16.3. The van der Waals surface area contributed by atoms with Crippen molar-refractivity contribution in [2.45, 2.75) is 6.10 Å². The van der Waals surface area contributed by atoms with Crippen LogP contribution in [0.5, 0.6) is 11.5 Å². The average molecular weight is 421 g/mol. The molecule has 2 aromatic carbocycles. The fourth-order valence-electron chi connectivity index (χ4n) is 3.31. The van der Waals surface area contributed by atoms with Gasteiger partial charge in [0.2, 0.25) is 12.0 Å². The summed E-state index contributed by atoms with van der Waals surface area (Å²) in [7, 11) is 3.03. The van der Waals surface area contributed by atoms with Crippen LogP contribution in [0.2, 0.25) is 10.0 Å². The number of benzene rings is 2. The smallest absolute Gasteiger partial charge is 0.279 e. The van der Waals surface area contributed by atoms with Crippen LogP contribution in [0.3, 0.4) is 0 Å². The lowest BCUT2D eigenvalue weighted by molar-refractivity contribution is -0.126. The van der Waals surface area contributed by atoms with Crippen LogP contribution in [0.15, 0.2) is 41.6 Å². The quantitative estimate of drug-likeness (QED) is 0.709. The zero-order chi connectivity index (χ0) is 20.0. The molecule has 0 unspecified atom stereocenters. The topological polar surface area (TPSA) is 77.4 Å². The zero-order valence-electron chi connectivity index (χ0n) is 14.8. The number of carbonyl (C=O) groups excluding carboxylic acids is 2. The van der Waals surface area contributed by atoms with Crippen LogP contribution >= 0.6 is 23.2 Å². The SMILES string of the molecule is COc1ccc(C2=NO[C@@H]3C(=O)N(c4cc(Cl)ccc4Cl)C(=O)[C@@H]23)c(OC)c1. The molecule has 0 aromatic heterocycles. The molecule has 4 rings (SSSR count). The summed E-state index contributed by atoms with van der Waals surface area (Å²) in [4.78, 5) is 32.3. The lowest BCUT2D eigenvalue weighted by atomic mass is 9.93. The van der Waals surface area contributed by atoms with E-state index in [1.807, 2.05) is 0 Å². The van der Waals surface area contributed by atoms with E-state index in [-0.39, 0.29) is 10.7 Å². The first-order chi connectivity index (χ1) is 13.5. The van der Waals surface area contributed by atoms with Crippen LogP contribution in [0, 0.1) is 5.92 Å². The Morgan fingerprint density at radius 1 is 1.04 bits per heavy atom. The Balaban J connectivity index is 1.74. The molecule has 0 N–H and O–H groups in total. The number of nitrogens with zero attached hydrogens (tertiary/aromatic N) is 2. The molecule has 1 saturated heterocycles. The van der Waals surface area contributed by atoms with Crippen molar-refractivity contribution in [3.63, 3.8) is 0 Å². The van der Waals surface area contributed by atoms with Crippen molar-refractivity contribution >= 4 is 46.4 Å². The summed E-state index contributed by atoms with van der Waals surface area (Å²) in [5.74, 6) is -0.928. The summed E-state index contributed by atoms with van der Waals surface area (Å²) in [5.41, 5.74) is 1.06. The van der Waals surface area contributed by atoms with E-state index in [2.05, 4.69) is 5.16 Å². The minimum absolute atomic E-state index is 0.211. The molecule has 0 bridgehead atoms. The number of anilines is 1. The maximum Gasteiger partial charge on any atom is 0.279 e. The summed E-state index contributed by atoms with van der Waals surface area (Å²) in [6.45, 7) is 0. The van der Waals surface area contributed by atoms with Crippen LogP contribution in [-0.4, -0.2) is 37.8 Å². The van der Waals surface area contributed by atoms with E-state index in [9.17, 15) is 9.59 Å². The van der Waals surface area contributed by atoms with Crippen molar-refractivity contribution in [3.8, 4) is 11.5 Å². The first-order valence-electron chi connectivity index (χ1n) is 8.25. The van der Waals surface area contributed by atoms with Gasteiger partial charge in [-0.3, -0.25) is 9.59 Å². The highest BCUT2D eigenvalue weighted by atomic mass is 35.5. The Morgan fingerprint density at radius 3 is 2.54 bits per heavy atom. The Bertz CT molecular complexity index is 1020. The van der Waals surface area contributed by atoms with E-state index < -0.39 is 23.8 Å². The Hall–Kier alpha value is -2.77. The Kier molecular flexibility index (Phi) is 4.64. The molecule has 144 valence electrons. The third-order valence-corrected chi connectivity index (χ3v) is 5.20. The average Bonchev–Trinajstić information content (AvgIpc) is 3.23. The Morgan fingerprint density at radius 2 is 1.82 bits per heavy atom. The molecule has 2 atom stereocenters. The summed E-state index contributed by atoms with van der Waals surface area (Å²) in [6.07, 6.45) is -1.07. The van der Waals surface area contributed by atoms with Crippen LogP contribution in [0.4, 0.5) is 5.69 Å². The van der Waals surface area contributed by atoms with Crippen molar-refractivity contribution in [1.82, 2.24) is 0 Å². The van der Waals surface area contributed by atoms with Gasteiger partial charge in [-0.25, -0.2) is 4.90 Å². The van der Waals surface area contributed by atoms with Gasteiger partial charge < -0.3 is 14.3 Å². The fourth-order valence-corrected chi connectivity index (χ4v) is 3.67. The highest BCUT2D eigenvalue weighted by Crippen LogP contribution is 2.40. The van der Waals surface area contributed by atoms with Crippen molar-refractivity contribution in [2.24, 2.45) is 11.1 Å². The third-order valence-electron chi connectivity index (χ3n) is 4.65. The number of rotatable bonds is 4. The first kappa shape index (κ1) is 18.6. The number of amides is 2. The molecule has 0 spiro atoms. The van der Waals surface area contributed by atoms with Crippen molar-refractivity contribution < 1.29 is 23.9 Å². The number of ether oxygens (including phenoxy) is 2. The molecular formula is C19H14Cl2N2O5. The maximum atomic E-state index is 13.1. The molecule has 2 aliphatic heterocycles. The van der Waals surface area contributed by atoms with Gasteiger partial charge in [-0.1, -0.05) is 28.4 Å². The molecule has 2 aromatic rings. The van der Waals surface area contributed by atoms with Gasteiger partial charge in [-0.2, -0.15) is 0 Å². The second kappa shape index (κ2) is 7.00. The van der Waals surface area contributed by atoms with E-state index in [4.69, 9.17) is 37.5 Å². The monoisotopic (exact) mass is 420 g/mol. The van der Waals surface area contributed by atoms with Gasteiger partial charge in [-0.05, 0) is 30.3 Å². The van der Waals surface area contributed by atoms with Gasteiger partial charge in [0.25, 0.3) is 5.91 Å². The van der Waals surface area contributed by atoms with E-state index in [1.54, 1.807) is 24.3 Å². The predicted octanol–water partition coefficient (Wildman–Crippen LogP) is 3.30. The molecule has 2 aliphatic rings. The molecule has 2 heterocycles. The largest absolute Gasteiger partial charge is 0.497 e. The minimum atomic E-state index is -1.07. The number of hydrogen-bond donors (Lipinski definition) is 0. The van der Waals surface area contributed by atoms with E-state index >= 15 is 0 Å². The first-order valence-corrected chi connectivity index (χ1v) is 9.01. The second-order valence-corrected chi connectivity index (χ2v) is 7.00. The second-order valence-electron chi connectivity index (χ2n) is 6.15. The third kappa shape index (κ3) is 2.78. The van der Waals surface area contributed by atoms with Crippen LogP contribution in [0.25, 0.3) is 0 Å². The van der Waals surface area contributed by atoms with Gasteiger partial charge in [0, 0.05) is 16.7 Å². The van der Waals surface area contributed by atoms with Crippen LogP contribution < -0.4 is 14.4 Å². The van der Waals surface area contributed by atoms with Gasteiger partial charge in [0.1, 0.15) is 23.1 Å². The summed E-state index contributed by atoms with van der Waals surface area (Å²) in [5, 5.41) is 4.57. The lowest BCUT2D eigenvalue weighted by Crippen LogP contribution is -2.33. The Labute approximate surface area is 170 Å². The van der Waals surface area contributed by atoms with E-state index in [0.29, 0.717) is 27.8 Å². The molecule has 1 fully saturated rings. The number of fused-ring (bicyclic) bond motifs is 1. The van der Waals surface area contributed by atoms with E-state index in [1.165, 1.54) is 26.4 Å². The molecule has 2 amide bonds. The van der Waals surface area contributed by atoms with Gasteiger partial charge in [0.05, 0.1) is 24.9 Å². The maximum absolute atomic E-state index is 13.1. The molecule has 28 heavy (non-hydrogen) atoms. The number of halogens is 2. The summed E-state index contributed by atoms with van der Waals surface area (Å²) < 4.78 is 10.6. The lowest BCUT2D eigenvalue weighted by Gasteiger charge is -2.17. The van der Waals surface area contributed by atoms with Crippen molar-refractivity contribution in [3.05, 3.63) is 52.0 Å². The number of hydrogen-bond acceptors (Lipinski definition) is 6. The van der Waals surface area contributed by atoms with Crippen LogP contribution in [0.1, 0.15) is 5.56 Å². The minimum Gasteiger partial charge on any atom is -0.497 e. The number of carbonyl (C=O) groups is 2. The van der Waals surface area contributed by atoms with Crippen molar-refractivity contribution in [2.75, 3.05) is 19.1 Å². The van der Waals surface area contributed by atoms with E-state index in [0.717, 1.165) is 4.90 Å². The standard InChI is InChI=1S/C19H14Cl2N2O5/c1-26-10-4-5-11(14(8-10)27-2)16-15-17(28-22-16)19(25)23(18(15)24)13-7-9(20)3-6-12(13)21/h3-8,15,17H,1-2H3/t15-,17-/m0/s1. The predicted molar refractivity (Wildman–Crippen MR) is 103 cm³/mol. The van der Waals surface area contributed by atoms with Gasteiger partial charge >= 0.3 is 0 Å². The molecular weight excluding hydrogens is 407 g/mol. The van der Waals surface area contributed by atoms with Crippen molar-refractivity contribution in [1.29, 1.82) is 0 Å². The van der Waals surface area contributed by atoms with Gasteiger partial charge in [-0.15, -0.1) is 0 Å². The normalized spacial score (nSPS) is 20.7. The molecule has 0 aliphatic carbocycles. The highest BCUT2D eigenvalue weighted by molar-refractivity contribution is 6.39. The fraction of sp³-hybridized carbons (Fsp3) is 0.211. The van der Waals surface area contributed by atoms with Crippen LogP contribution in [-0.2, 0) is 14.4 Å². The molecule has 0 radical (unpaired) electrons.